The van der Waals surface area contributed by atoms with Gasteiger partial charge in [-0.2, -0.15) is 8.78 Å². The molecular weight excluding hydrogens is 286 g/mol. The number of hydrogen-bond donors (Lipinski definition) is 2. The standard InChI is InChI=1S/C13H10F2N2O2S/c14-13(15)20-11-3-1-9(2-4-11)17-12(19)8-5-10(18)7-16-6-8/h1-7,13,18H,(H,17,19). The zero-order valence-corrected chi connectivity index (χ0v) is 10.9. The average Bonchev–Trinajstić information content (AvgIpc) is 2.40. The van der Waals surface area contributed by atoms with E-state index in [-0.39, 0.29) is 11.3 Å². The highest BCUT2D eigenvalue weighted by Gasteiger charge is 2.08. The van der Waals surface area contributed by atoms with Gasteiger partial charge in [-0.05, 0) is 30.3 Å². The van der Waals surface area contributed by atoms with Gasteiger partial charge in [0.25, 0.3) is 11.7 Å². The van der Waals surface area contributed by atoms with E-state index in [1.807, 2.05) is 0 Å². The lowest BCUT2D eigenvalue weighted by Crippen LogP contribution is -2.11. The van der Waals surface area contributed by atoms with E-state index < -0.39 is 11.7 Å². The molecule has 0 unspecified atom stereocenters. The second-order valence-electron chi connectivity index (χ2n) is 3.79. The van der Waals surface area contributed by atoms with Gasteiger partial charge in [-0.25, -0.2) is 0 Å². The first-order valence-electron chi connectivity index (χ1n) is 5.55. The number of thioether (sulfide) groups is 1. The van der Waals surface area contributed by atoms with Crippen LogP contribution in [0.2, 0.25) is 0 Å². The van der Waals surface area contributed by atoms with Crippen LogP contribution in [-0.4, -0.2) is 21.8 Å². The predicted molar refractivity (Wildman–Crippen MR) is 72.2 cm³/mol. The Labute approximate surface area is 117 Å². The average molecular weight is 296 g/mol. The molecule has 1 aromatic carbocycles. The number of hydrogen-bond acceptors (Lipinski definition) is 4. The van der Waals surface area contributed by atoms with E-state index in [4.69, 9.17) is 0 Å². The van der Waals surface area contributed by atoms with Crippen LogP contribution in [0.1, 0.15) is 10.4 Å². The lowest BCUT2D eigenvalue weighted by molar-refractivity contribution is 0.102. The van der Waals surface area contributed by atoms with Crippen LogP contribution in [0.5, 0.6) is 5.75 Å². The van der Waals surface area contributed by atoms with Gasteiger partial charge in [-0.1, -0.05) is 11.8 Å². The van der Waals surface area contributed by atoms with E-state index in [1.54, 1.807) is 0 Å². The molecule has 0 fully saturated rings. The van der Waals surface area contributed by atoms with Crippen molar-refractivity contribution in [3.8, 4) is 5.75 Å². The van der Waals surface area contributed by atoms with Crippen LogP contribution in [0.15, 0.2) is 47.6 Å². The number of halogens is 2. The van der Waals surface area contributed by atoms with Crippen LogP contribution in [0, 0.1) is 0 Å². The van der Waals surface area contributed by atoms with Crippen molar-refractivity contribution in [2.45, 2.75) is 10.7 Å². The molecule has 1 heterocycles. The Kier molecular flexibility index (Phi) is 4.52. The van der Waals surface area contributed by atoms with Gasteiger partial charge in [0.2, 0.25) is 0 Å². The van der Waals surface area contributed by atoms with Crippen molar-refractivity contribution in [2.24, 2.45) is 0 Å². The van der Waals surface area contributed by atoms with Crippen molar-refractivity contribution in [1.29, 1.82) is 0 Å². The predicted octanol–water partition coefficient (Wildman–Crippen LogP) is 3.35. The molecule has 0 radical (unpaired) electrons. The smallest absolute Gasteiger partial charge is 0.288 e. The highest BCUT2D eigenvalue weighted by atomic mass is 32.2. The molecule has 1 amide bonds. The molecule has 1 aromatic heterocycles. The molecule has 0 atom stereocenters. The van der Waals surface area contributed by atoms with Crippen molar-refractivity contribution in [3.05, 3.63) is 48.3 Å². The number of carbonyl (C=O) groups is 1. The van der Waals surface area contributed by atoms with Gasteiger partial charge in [0, 0.05) is 16.8 Å². The van der Waals surface area contributed by atoms with Crippen LogP contribution in [0.3, 0.4) is 0 Å². The molecule has 2 aromatic rings. The molecule has 2 rings (SSSR count). The van der Waals surface area contributed by atoms with Crippen molar-refractivity contribution in [3.63, 3.8) is 0 Å². The summed E-state index contributed by atoms with van der Waals surface area (Å²) in [6, 6.07) is 7.32. The van der Waals surface area contributed by atoms with Crippen molar-refractivity contribution in [2.75, 3.05) is 5.32 Å². The Hall–Kier alpha value is -2.15. The minimum Gasteiger partial charge on any atom is -0.506 e. The lowest BCUT2D eigenvalue weighted by atomic mass is 10.2. The van der Waals surface area contributed by atoms with Gasteiger partial charge in [0.05, 0.1) is 11.8 Å². The summed E-state index contributed by atoms with van der Waals surface area (Å²) >= 11 is 0.435. The van der Waals surface area contributed by atoms with E-state index in [0.717, 1.165) is 0 Å². The molecule has 0 bridgehead atoms. The maximum absolute atomic E-state index is 12.2. The molecule has 104 valence electrons. The molecular formula is C13H10F2N2O2S. The summed E-state index contributed by atoms with van der Waals surface area (Å²) in [5.41, 5.74) is 0.674. The van der Waals surface area contributed by atoms with Crippen molar-refractivity contribution in [1.82, 2.24) is 4.98 Å². The number of aromatic hydroxyl groups is 1. The molecule has 0 saturated carbocycles. The fourth-order valence-corrected chi connectivity index (χ4v) is 1.97. The van der Waals surface area contributed by atoms with Gasteiger partial charge in [-0.15, -0.1) is 0 Å². The minimum atomic E-state index is -2.48. The van der Waals surface area contributed by atoms with Crippen LogP contribution >= 0.6 is 11.8 Å². The van der Waals surface area contributed by atoms with E-state index in [9.17, 15) is 18.7 Å². The van der Waals surface area contributed by atoms with Gasteiger partial charge >= 0.3 is 0 Å². The van der Waals surface area contributed by atoms with Crippen molar-refractivity contribution >= 4 is 23.4 Å². The monoisotopic (exact) mass is 296 g/mol. The highest BCUT2D eigenvalue weighted by molar-refractivity contribution is 7.99. The zero-order valence-electron chi connectivity index (χ0n) is 10.1. The summed E-state index contributed by atoms with van der Waals surface area (Å²) in [6.07, 6.45) is 2.53. The molecule has 0 aliphatic carbocycles. The molecule has 0 saturated heterocycles. The fraction of sp³-hybridized carbons (Fsp3) is 0.0769. The number of rotatable bonds is 4. The Morgan fingerprint density at radius 2 is 1.95 bits per heavy atom. The first-order valence-corrected chi connectivity index (χ1v) is 6.43. The molecule has 4 nitrogen and oxygen atoms in total. The first kappa shape index (κ1) is 14.3. The second-order valence-corrected chi connectivity index (χ2v) is 4.85. The largest absolute Gasteiger partial charge is 0.506 e. The summed E-state index contributed by atoms with van der Waals surface area (Å²) in [6.45, 7) is 0. The van der Waals surface area contributed by atoms with Gasteiger partial charge in [0.1, 0.15) is 5.75 Å². The number of pyridine rings is 1. The second kappa shape index (κ2) is 6.33. The maximum Gasteiger partial charge on any atom is 0.288 e. The van der Waals surface area contributed by atoms with Gasteiger partial charge in [0.15, 0.2) is 0 Å². The fourth-order valence-electron chi connectivity index (χ4n) is 1.47. The van der Waals surface area contributed by atoms with Crippen LogP contribution in [0.25, 0.3) is 0 Å². The third kappa shape index (κ3) is 3.92. The summed E-state index contributed by atoms with van der Waals surface area (Å²) in [7, 11) is 0. The Balaban J connectivity index is 2.04. The van der Waals surface area contributed by atoms with Crippen molar-refractivity contribution < 1.29 is 18.7 Å². The SMILES string of the molecule is O=C(Nc1ccc(SC(F)F)cc1)c1cncc(O)c1. The van der Waals surface area contributed by atoms with Crippen LogP contribution in [-0.2, 0) is 0 Å². The third-order valence-corrected chi connectivity index (χ3v) is 3.05. The maximum atomic E-state index is 12.2. The minimum absolute atomic E-state index is 0.110. The van der Waals surface area contributed by atoms with Crippen LogP contribution in [0.4, 0.5) is 14.5 Å². The number of anilines is 1. The lowest BCUT2D eigenvalue weighted by Gasteiger charge is -2.06. The molecule has 0 aliphatic heterocycles. The zero-order chi connectivity index (χ0) is 14.5. The highest BCUT2D eigenvalue weighted by Crippen LogP contribution is 2.26. The number of carbonyl (C=O) groups excluding carboxylic acids is 1. The first-order chi connectivity index (χ1) is 9.54. The number of benzene rings is 1. The topological polar surface area (TPSA) is 62.2 Å². The van der Waals surface area contributed by atoms with E-state index in [1.165, 1.54) is 42.7 Å². The molecule has 2 N–H and O–H groups in total. The van der Waals surface area contributed by atoms with E-state index >= 15 is 0 Å². The summed E-state index contributed by atoms with van der Waals surface area (Å²) < 4.78 is 24.3. The quantitative estimate of drug-likeness (QED) is 0.849. The van der Waals surface area contributed by atoms with Gasteiger partial charge in [-0.3, -0.25) is 9.78 Å². The number of aromatic nitrogens is 1. The Morgan fingerprint density at radius 1 is 1.25 bits per heavy atom. The number of amides is 1. The number of alkyl halides is 2. The Morgan fingerprint density at radius 3 is 2.55 bits per heavy atom. The van der Waals surface area contributed by atoms with Crippen LogP contribution < -0.4 is 5.32 Å². The molecule has 0 spiro atoms. The summed E-state index contributed by atoms with van der Waals surface area (Å²) in [4.78, 5) is 16.0. The summed E-state index contributed by atoms with van der Waals surface area (Å²) in [5.74, 6) is -3.03. The normalized spacial score (nSPS) is 10.6. The summed E-state index contributed by atoms with van der Waals surface area (Å²) in [5, 5.41) is 11.8. The van der Waals surface area contributed by atoms with E-state index in [2.05, 4.69) is 10.3 Å². The molecule has 20 heavy (non-hydrogen) atoms. The van der Waals surface area contributed by atoms with E-state index in [0.29, 0.717) is 22.3 Å². The number of nitrogens with one attached hydrogen (secondary N) is 1. The third-order valence-electron chi connectivity index (χ3n) is 2.32. The molecule has 7 heteroatoms. The Bertz CT molecular complexity index is 606. The number of nitrogens with zero attached hydrogens (tertiary/aromatic N) is 1. The molecule has 0 aliphatic rings. The van der Waals surface area contributed by atoms with Gasteiger partial charge < -0.3 is 10.4 Å².